The summed E-state index contributed by atoms with van der Waals surface area (Å²) < 4.78 is 10.9. The lowest BCUT2D eigenvalue weighted by Gasteiger charge is -2.13. The molecule has 0 aliphatic carbocycles. The van der Waals surface area contributed by atoms with Crippen LogP contribution in [-0.2, 0) is 0 Å². The fourth-order valence-corrected chi connectivity index (χ4v) is 2.30. The van der Waals surface area contributed by atoms with Gasteiger partial charge in [0.1, 0.15) is 5.76 Å². The average Bonchev–Trinajstić information content (AvgIpc) is 2.71. The summed E-state index contributed by atoms with van der Waals surface area (Å²) in [5, 5.41) is 1.59. The highest BCUT2D eigenvalue weighted by molar-refractivity contribution is 6.36. The predicted molar refractivity (Wildman–Crippen MR) is 70.0 cm³/mol. The lowest BCUT2D eigenvalue weighted by atomic mass is 9.99. The highest BCUT2D eigenvalue weighted by atomic mass is 35.5. The second kappa shape index (κ2) is 4.59. The van der Waals surface area contributed by atoms with Crippen molar-refractivity contribution >= 4 is 22.6 Å². The number of hydrogen-bond acceptors (Lipinski definition) is 3. The summed E-state index contributed by atoms with van der Waals surface area (Å²) in [7, 11) is 1.62. The van der Waals surface area contributed by atoms with Crippen LogP contribution in [0.2, 0.25) is 5.02 Å². The highest BCUT2D eigenvalue weighted by Crippen LogP contribution is 2.39. The van der Waals surface area contributed by atoms with E-state index in [0.29, 0.717) is 22.9 Å². The lowest BCUT2D eigenvalue weighted by molar-refractivity contribution is 0.408. The molecule has 0 fully saturated rings. The first-order valence-corrected chi connectivity index (χ1v) is 5.92. The fourth-order valence-electron chi connectivity index (χ4n) is 1.92. The largest absolute Gasteiger partial charge is 0.493 e. The molecule has 1 heterocycles. The van der Waals surface area contributed by atoms with Crippen LogP contribution in [0.1, 0.15) is 24.2 Å². The van der Waals surface area contributed by atoms with Crippen molar-refractivity contribution in [3.8, 4) is 5.75 Å². The summed E-state index contributed by atoms with van der Waals surface area (Å²) in [4.78, 5) is 0. The van der Waals surface area contributed by atoms with Gasteiger partial charge in [0.05, 0.1) is 12.1 Å². The summed E-state index contributed by atoms with van der Waals surface area (Å²) >= 11 is 6.39. The molecule has 1 unspecified atom stereocenters. The molecule has 4 heteroatoms. The zero-order valence-electron chi connectivity index (χ0n) is 10.2. The topological polar surface area (TPSA) is 48.4 Å². The number of fused-ring (bicyclic) bond motifs is 1. The van der Waals surface area contributed by atoms with Crippen LogP contribution in [0.25, 0.3) is 11.0 Å². The molecular formula is C13H16ClNO2. The van der Waals surface area contributed by atoms with Crippen molar-refractivity contribution in [2.45, 2.75) is 19.8 Å². The molecular weight excluding hydrogens is 238 g/mol. The minimum Gasteiger partial charge on any atom is -0.493 e. The fraction of sp³-hybridized carbons (Fsp3) is 0.385. The Hall–Kier alpha value is -1.19. The highest BCUT2D eigenvalue weighted by Gasteiger charge is 2.18. The molecule has 0 aliphatic rings. The van der Waals surface area contributed by atoms with Crippen molar-refractivity contribution in [1.29, 1.82) is 0 Å². The number of halogens is 1. The Bertz CT molecular complexity index is 548. The normalized spacial score (nSPS) is 13.0. The number of benzene rings is 1. The van der Waals surface area contributed by atoms with Crippen molar-refractivity contribution in [3.63, 3.8) is 0 Å². The number of methoxy groups -OCH3 is 1. The first-order valence-electron chi connectivity index (χ1n) is 5.55. The maximum Gasteiger partial charge on any atom is 0.177 e. The van der Waals surface area contributed by atoms with Crippen LogP contribution in [0.4, 0.5) is 0 Å². The monoisotopic (exact) mass is 253 g/mol. The Balaban J connectivity index is 2.75. The number of nitrogens with two attached hydrogens (primary N) is 1. The summed E-state index contributed by atoms with van der Waals surface area (Å²) in [6.07, 6.45) is 0. The van der Waals surface area contributed by atoms with Crippen LogP contribution in [0.3, 0.4) is 0 Å². The van der Waals surface area contributed by atoms with E-state index in [1.165, 1.54) is 0 Å². The van der Waals surface area contributed by atoms with Gasteiger partial charge in [-0.2, -0.15) is 0 Å². The third kappa shape index (κ3) is 2.01. The molecule has 2 rings (SSSR count). The van der Waals surface area contributed by atoms with Crippen LogP contribution < -0.4 is 10.5 Å². The first-order chi connectivity index (χ1) is 8.08. The Labute approximate surface area is 105 Å². The Morgan fingerprint density at radius 1 is 1.47 bits per heavy atom. The molecule has 92 valence electrons. The van der Waals surface area contributed by atoms with Crippen molar-refractivity contribution < 1.29 is 9.15 Å². The number of ether oxygens (including phenoxy) is 1. The minimum absolute atomic E-state index is 0.191. The quantitative estimate of drug-likeness (QED) is 0.911. The summed E-state index contributed by atoms with van der Waals surface area (Å²) in [6, 6.07) is 3.83. The van der Waals surface area contributed by atoms with Crippen LogP contribution in [0.15, 0.2) is 16.5 Å². The van der Waals surface area contributed by atoms with Gasteiger partial charge in [-0.25, -0.2) is 0 Å². The molecule has 17 heavy (non-hydrogen) atoms. The molecule has 0 saturated heterocycles. The smallest absolute Gasteiger partial charge is 0.177 e. The average molecular weight is 254 g/mol. The van der Waals surface area contributed by atoms with Gasteiger partial charge in [-0.15, -0.1) is 0 Å². The molecule has 1 atom stereocenters. The van der Waals surface area contributed by atoms with Crippen molar-refractivity contribution in [1.82, 2.24) is 0 Å². The van der Waals surface area contributed by atoms with E-state index in [4.69, 9.17) is 26.5 Å². The molecule has 0 amide bonds. The van der Waals surface area contributed by atoms with Gasteiger partial charge in [0.2, 0.25) is 0 Å². The number of aryl methyl sites for hydroxylation is 1. The number of furan rings is 1. The molecule has 0 bridgehead atoms. The number of rotatable bonds is 3. The van der Waals surface area contributed by atoms with Crippen LogP contribution >= 0.6 is 11.6 Å². The van der Waals surface area contributed by atoms with Gasteiger partial charge in [-0.1, -0.05) is 18.5 Å². The zero-order valence-corrected chi connectivity index (χ0v) is 11.0. The summed E-state index contributed by atoms with van der Waals surface area (Å²) in [6.45, 7) is 4.48. The van der Waals surface area contributed by atoms with Gasteiger partial charge in [-0.05, 0) is 37.1 Å². The summed E-state index contributed by atoms with van der Waals surface area (Å²) in [5.74, 6) is 1.71. The Morgan fingerprint density at radius 3 is 2.76 bits per heavy atom. The molecule has 2 N–H and O–H groups in total. The van der Waals surface area contributed by atoms with Crippen molar-refractivity contribution in [2.24, 2.45) is 5.73 Å². The van der Waals surface area contributed by atoms with E-state index < -0.39 is 0 Å². The third-order valence-electron chi connectivity index (χ3n) is 2.96. The van der Waals surface area contributed by atoms with E-state index in [0.717, 1.165) is 16.7 Å². The van der Waals surface area contributed by atoms with E-state index in [-0.39, 0.29) is 5.92 Å². The molecule has 1 aromatic carbocycles. The zero-order chi connectivity index (χ0) is 12.6. The minimum atomic E-state index is 0.191. The van der Waals surface area contributed by atoms with Gasteiger partial charge in [0, 0.05) is 5.39 Å². The maximum atomic E-state index is 6.39. The van der Waals surface area contributed by atoms with Crippen LogP contribution in [0, 0.1) is 6.92 Å². The van der Waals surface area contributed by atoms with Crippen molar-refractivity contribution in [2.75, 3.05) is 13.7 Å². The van der Waals surface area contributed by atoms with Gasteiger partial charge < -0.3 is 14.9 Å². The van der Waals surface area contributed by atoms with Crippen LogP contribution in [0.5, 0.6) is 5.75 Å². The molecule has 0 aliphatic heterocycles. The standard InChI is InChI=1S/C13H16ClNO2/c1-7(6-15)9-5-11(16-3)13-10(12(9)14)4-8(2)17-13/h4-5,7H,6,15H2,1-3H3. The molecule has 0 spiro atoms. The van der Waals surface area contributed by atoms with Gasteiger partial charge in [-0.3, -0.25) is 0 Å². The lowest BCUT2D eigenvalue weighted by Crippen LogP contribution is -2.09. The van der Waals surface area contributed by atoms with E-state index in [2.05, 4.69) is 0 Å². The molecule has 2 aromatic rings. The van der Waals surface area contributed by atoms with Crippen LogP contribution in [-0.4, -0.2) is 13.7 Å². The molecule has 0 saturated carbocycles. The third-order valence-corrected chi connectivity index (χ3v) is 3.38. The van der Waals surface area contributed by atoms with Gasteiger partial charge >= 0.3 is 0 Å². The summed E-state index contributed by atoms with van der Waals surface area (Å²) in [5.41, 5.74) is 7.39. The first kappa shape index (κ1) is 12.3. The number of hydrogen-bond donors (Lipinski definition) is 1. The van der Waals surface area contributed by atoms with E-state index in [1.807, 2.05) is 26.0 Å². The second-order valence-corrected chi connectivity index (χ2v) is 4.60. The Morgan fingerprint density at radius 2 is 2.18 bits per heavy atom. The molecule has 0 radical (unpaired) electrons. The molecule has 3 nitrogen and oxygen atoms in total. The van der Waals surface area contributed by atoms with Gasteiger partial charge in [0.25, 0.3) is 0 Å². The SMILES string of the molecule is COc1cc(C(C)CN)c(Cl)c2cc(C)oc12. The van der Waals surface area contributed by atoms with E-state index in [9.17, 15) is 0 Å². The maximum absolute atomic E-state index is 6.39. The predicted octanol–water partition coefficient (Wildman–Crippen LogP) is 3.47. The second-order valence-electron chi connectivity index (χ2n) is 4.22. The Kier molecular flexibility index (Phi) is 3.31. The molecule has 1 aromatic heterocycles. The van der Waals surface area contributed by atoms with Crippen molar-refractivity contribution in [3.05, 3.63) is 28.5 Å². The van der Waals surface area contributed by atoms with E-state index >= 15 is 0 Å². The van der Waals surface area contributed by atoms with E-state index in [1.54, 1.807) is 7.11 Å². The van der Waals surface area contributed by atoms with Gasteiger partial charge in [0.15, 0.2) is 11.3 Å².